The lowest BCUT2D eigenvalue weighted by atomic mass is 10.1. The van der Waals surface area contributed by atoms with Gasteiger partial charge in [-0.15, -0.1) is 0 Å². The van der Waals surface area contributed by atoms with E-state index in [-0.39, 0.29) is 12.1 Å². The quantitative estimate of drug-likeness (QED) is 0.679. The molecule has 0 spiro atoms. The minimum absolute atomic E-state index is 0.0619. The van der Waals surface area contributed by atoms with Gasteiger partial charge in [0.1, 0.15) is 11.3 Å². The van der Waals surface area contributed by atoms with E-state index in [2.05, 4.69) is 5.32 Å². The second-order valence-electron chi connectivity index (χ2n) is 5.60. The Morgan fingerprint density at radius 1 is 1.12 bits per heavy atom. The lowest BCUT2D eigenvalue weighted by Crippen LogP contribution is -2.53. The molecule has 1 N–H and O–H groups in total. The summed E-state index contributed by atoms with van der Waals surface area (Å²) in [7, 11) is 3.36. The number of amides is 4. The molecular weight excluding hydrogens is 322 g/mol. The van der Waals surface area contributed by atoms with Crippen LogP contribution in [0.4, 0.5) is 4.79 Å². The minimum atomic E-state index is -0.727. The van der Waals surface area contributed by atoms with Crippen LogP contribution in [-0.2, 0) is 23.2 Å². The van der Waals surface area contributed by atoms with Crippen molar-refractivity contribution in [2.75, 3.05) is 7.11 Å². The second-order valence-corrected chi connectivity index (χ2v) is 5.60. The van der Waals surface area contributed by atoms with Crippen molar-refractivity contribution in [2.24, 2.45) is 7.05 Å². The first-order chi connectivity index (χ1) is 12.0. The van der Waals surface area contributed by atoms with Gasteiger partial charge in [0, 0.05) is 18.9 Å². The highest BCUT2D eigenvalue weighted by Gasteiger charge is 2.35. The number of aryl methyl sites for hydroxylation is 1. The van der Waals surface area contributed by atoms with Crippen LogP contribution in [0.1, 0.15) is 11.3 Å². The fraction of sp³-hybridized carbons (Fsp3) is 0.167. The third kappa shape index (κ3) is 3.30. The van der Waals surface area contributed by atoms with Crippen molar-refractivity contribution >= 4 is 23.9 Å². The Balaban J connectivity index is 1.87. The van der Waals surface area contributed by atoms with Crippen molar-refractivity contribution in [3.05, 3.63) is 59.4 Å². The largest absolute Gasteiger partial charge is 0.497 e. The summed E-state index contributed by atoms with van der Waals surface area (Å²) in [6, 6.07) is 9.86. The summed E-state index contributed by atoms with van der Waals surface area (Å²) in [5.74, 6) is -0.634. The maximum absolute atomic E-state index is 12.7. The van der Waals surface area contributed by atoms with Crippen molar-refractivity contribution in [1.82, 2.24) is 14.8 Å². The zero-order valence-corrected chi connectivity index (χ0v) is 13.9. The van der Waals surface area contributed by atoms with Crippen molar-refractivity contribution in [3.63, 3.8) is 0 Å². The van der Waals surface area contributed by atoms with Crippen LogP contribution >= 0.6 is 0 Å². The Labute approximate surface area is 144 Å². The molecule has 0 atom stereocenters. The van der Waals surface area contributed by atoms with Crippen molar-refractivity contribution in [1.29, 1.82) is 0 Å². The Bertz CT molecular complexity index is 865. The average Bonchev–Trinajstić information content (AvgIpc) is 3.01. The molecule has 2 heterocycles. The first kappa shape index (κ1) is 16.5. The summed E-state index contributed by atoms with van der Waals surface area (Å²) in [4.78, 5) is 37.8. The summed E-state index contributed by atoms with van der Waals surface area (Å²) in [6.45, 7) is 0.0619. The monoisotopic (exact) mass is 339 g/mol. The molecule has 25 heavy (non-hydrogen) atoms. The molecule has 4 amide bonds. The Morgan fingerprint density at radius 3 is 2.44 bits per heavy atom. The molecule has 1 saturated heterocycles. The van der Waals surface area contributed by atoms with Gasteiger partial charge in [-0.05, 0) is 35.9 Å². The zero-order chi connectivity index (χ0) is 18.0. The van der Waals surface area contributed by atoms with E-state index in [1.165, 1.54) is 6.08 Å². The van der Waals surface area contributed by atoms with Crippen LogP contribution in [0.15, 0.2) is 48.2 Å². The molecule has 3 rings (SSSR count). The molecule has 1 aromatic carbocycles. The number of rotatable bonds is 4. The molecule has 0 aliphatic carbocycles. The van der Waals surface area contributed by atoms with Crippen LogP contribution in [-0.4, -0.2) is 34.4 Å². The highest BCUT2D eigenvalue weighted by molar-refractivity contribution is 6.30. The van der Waals surface area contributed by atoms with Gasteiger partial charge in [-0.3, -0.25) is 19.8 Å². The van der Waals surface area contributed by atoms with E-state index in [9.17, 15) is 14.4 Å². The predicted molar refractivity (Wildman–Crippen MR) is 90.5 cm³/mol. The number of benzene rings is 1. The van der Waals surface area contributed by atoms with Gasteiger partial charge in [0.25, 0.3) is 11.8 Å². The fourth-order valence-corrected chi connectivity index (χ4v) is 2.52. The number of carbonyl (C=O) groups excluding carboxylic acids is 3. The molecule has 7 heteroatoms. The fourth-order valence-electron chi connectivity index (χ4n) is 2.52. The van der Waals surface area contributed by atoms with Crippen LogP contribution in [0.5, 0.6) is 5.75 Å². The number of methoxy groups -OCH3 is 1. The average molecular weight is 339 g/mol. The van der Waals surface area contributed by atoms with E-state index in [0.29, 0.717) is 11.4 Å². The first-order valence-corrected chi connectivity index (χ1v) is 7.62. The highest BCUT2D eigenvalue weighted by Crippen LogP contribution is 2.18. The molecule has 2 aromatic rings. The topological polar surface area (TPSA) is 80.6 Å². The molecular formula is C18H17N3O4. The number of nitrogens with zero attached hydrogens (tertiary/aromatic N) is 2. The molecule has 0 bridgehead atoms. The Morgan fingerprint density at radius 2 is 1.84 bits per heavy atom. The van der Waals surface area contributed by atoms with E-state index < -0.39 is 17.8 Å². The van der Waals surface area contributed by atoms with Crippen molar-refractivity contribution in [2.45, 2.75) is 6.54 Å². The Hall–Kier alpha value is -3.35. The number of ether oxygens (including phenoxy) is 1. The number of carbonyl (C=O) groups is 3. The van der Waals surface area contributed by atoms with Gasteiger partial charge in [0.05, 0.1) is 13.7 Å². The number of hydrogen-bond acceptors (Lipinski definition) is 4. The van der Waals surface area contributed by atoms with Crippen LogP contribution in [0, 0.1) is 0 Å². The predicted octanol–water partition coefficient (Wildman–Crippen LogP) is 1.70. The standard InChI is InChI=1S/C18H17N3O4/c1-20-9-3-4-13(20)10-15-16(22)19-18(24)21(17(15)23)11-12-5-7-14(25-2)8-6-12/h3-10H,11H2,1-2H3,(H,19,22,24). The number of aromatic nitrogens is 1. The maximum atomic E-state index is 12.7. The lowest BCUT2D eigenvalue weighted by Gasteiger charge is -2.26. The molecule has 0 saturated carbocycles. The summed E-state index contributed by atoms with van der Waals surface area (Å²) >= 11 is 0. The smallest absolute Gasteiger partial charge is 0.331 e. The summed E-state index contributed by atoms with van der Waals surface area (Å²) in [5, 5.41) is 2.21. The van der Waals surface area contributed by atoms with E-state index >= 15 is 0 Å². The Kier molecular flexibility index (Phi) is 4.38. The van der Waals surface area contributed by atoms with Gasteiger partial charge >= 0.3 is 6.03 Å². The lowest BCUT2D eigenvalue weighted by molar-refractivity contribution is -0.130. The normalized spacial score (nSPS) is 16.3. The van der Waals surface area contributed by atoms with Crippen LogP contribution in [0.25, 0.3) is 6.08 Å². The number of imide groups is 2. The highest BCUT2D eigenvalue weighted by atomic mass is 16.5. The van der Waals surface area contributed by atoms with Crippen molar-refractivity contribution in [3.8, 4) is 5.75 Å². The summed E-state index contributed by atoms with van der Waals surface area (Å²) < 4.78 is 6.86. The minimum Gasteiger partial charge on any atom is -0.497 e. The van der Waals surface area contributed by atoms with Gasteiger partial charge in [-0.1, -0.05) is 12.1 Å². The van der Waals surface area contributed by atoms with Gasteiger partial charge in [-0.2, -0.15) is 0 Å². The zero-order valence-electron chi connectivity index (χ0n) is 13.9. The van der Waals surface area contributed by atoms with Crippen LogP contribution in [0.3, 0.4) is 0 Å². The third-order valence-corrected chi connectivity index (χ3v) is 3.96. The number of nitrogens with one attached hydrogen (secondary N) is 1. The molecule has 1 fully saturated rings. The van der Waals surface area contributed by atoms with Gasteiger partial charge in [-0.25, -0.2) is 4.79 Å². The molecule has 0 unspecified atom stereocenters. The maximum Gasteiger partial charge on any atom is 0.331 e. The number of hydrogen-bond donors (Lipinski definition) is 1. The van der Waals surface area contributed by atoms with Crippen LogP contribution in [0.2, 0.25) is 0 Å². The van der Waals surface area contributed by atoms with Gasteiger partial charge < -0.3 is 9.30 Å². The number of urea groups is 1. The molecule has 128 valence electrons. The molecule has 1 aliphatic heterocycles. The summed E-state index contributed by atoms with van der Waals surface area (Å²) in [6.07, 6.45) is 3.28. The van der Waals surface area contributed by atoms with Crippen molar-refractivity contribution < 1.29 is 19.1 Å². The molecule has 1 aliphatic rings. The first-order valence-electron chi connectivity index (χ1n) is 7.62. The SMILES string of the molecule is COc1ccc(CN2C(=O)NC(=O)C(=Cc3cccn3C)C2=O)cc1. The van der Waals surface area contributed by atoms with E-state index in [4.69, 9.17) is 4.74 Å². The molecule has 1 aromatic heterocycles. The third-order valence-electron chi connectivity index (χ3n) is 3.96. The number of barbiturate groups is 1. The molecule has 0 radical (unpaired) electrons. The van der Waals surface area contributed by atoms with Gasteiger partial charge in [0.15, 0.2) is 0 Å². The second kappa shape index (κ2) is 6.64. The van der Waals surface area contributed by atoms with E-state index in [1.807, 2.05) is 0 Å². The van der Waals surface area contributed by atoms with Crippen LogP contribution < -0.4 is 10.1 Å². The summed E-state index contributed by atoms with van der Waals surface area (Å²) in [5.41, 5.74) is 1.36. The van der Waals surface area contributed by atoms with E-state index in [0.717, 1.165) is 10.5 Å². The molecule has 7 nitrogen and oxygen atoms in total. The van der Waals surface area contributed by atoms with Gasteiger partial charge in [0.2, 0.25) is 0 Å². The van der Waals surface area contributed by atoms with E-state index in [1.54, 1.807) is 61.3 Å².